The molecule has 79 heavy (non-hydrogen) atoms. The lowest BCUT2D eigenvalue weighted by molar-refractivity contribution is -0.167. The van der Waals surface area contributed by atoms with Crippen molar-refractivity contribution in [2.24, 2.45) is 40.4 Å². The molecule has 0 heterocycles. The molecule has 0 aromatic rings. The highest BCUT2D eigenvalue weighted by Crippen LogP contribution is 2.67. The highest BCUT2D eigenvalue weighted by atomic mass is 16.6. The molecule has 0 spiro atoms. The Labute approximate surface area is 484 Å². The van der Waals surface area contributed by atoms with Crippen molar-refractivity contribution in [3.8, 4) is 0 Å². The summed E-state index contributed by atoms with van der Waals surface area (Å²) in [6.45, 7) is 11.1. The van der Waals surface area contributed by atoms with Crippen LogP contribution in [0.5, 0.6) is 0 Å². The van der Waals surface area contributed by atoms with Gasteiger partial charge in [-0.2, -0.15) is 0 Å². The summed E-state index contributed by atoms with van der Waals surface area (Å²) in [5, 5.41) is 0. The molecule has 4 rings (SSSR count). The molecule has 454 valence electrons. The third-order valence-electron chi connectivity index (χ3n) is 19.9. The number of fused-ring (bicyclic) bond motifs is 5. The lowest BCUT2D eigenvalue weighted by atomic mass is 9.44. The van der Waals surface area contributed by atoms with Gasteiger partial charge in [0.2, 0.25) is 0 Å². The molecule has 0 aromatic carbocycles. The van der Waals surface area contributed by atoms with Gasteiger partial charge in [0.05, 0.1) is 0 Å². The lowest BCUT2D eigenvalue weighted by Crippen LogP contribution is -2.54. The first-order valence-electron chi connectivity index (χ1n) is 33.9. The van der Waals surface area contributed by atoms with Crippen LogP contribution >= 0.6 is 0 Å². The van der Waals surface area contributed by atoms with Gasteiger partial charge in [-0.1, -0.05) is 180 Å². The minimum Gasteiger partial charge on any atom is -0.462 e. The van der Waals surface area contributed by atoms with E-state index in [1.54, 1.807) is 0 Å². The largest absolute Gasteiger partial charge is 0.462 e. The first kappa shape index (κ1) is 68.5. The van der Waals surface area contributed by atoms with Crippen molar-refractivity contribution >= 4 is 29.7 Å². The molecule has 0 unspecified atom stereocenters. The van der Waals surface area contributed by atoms with Gasteiger partial charge in [-0.05, 0) is 176 Å². The molecule has 0 radical (unpaired) electrons. The Morgan fingerprint density at radius 3 is 1.32 bits per heavy atom. The molecule has 9 heteroatoms. The molecule has 4 saturated carbocycles. The van der Waals surface area contributed by atoms with E-state index in [1.807, 2.05) is 6.92 Å². The molecule has 0 bridgehead atoms. The fourth-order valence-corrected chi connectivity index (χ4v) is 15.0. The van der Waals surface area contributed by atoms with Gasteiger partial charge in [-0.3, -0.25) is 24.0 Å². The highest BCUT2D eigenvalue weighted by Gasteiger charge is 2.61. The average molecular weight is 1110 g/mol. The van der Waals surface area contributed by atoms with Gasteiger partial charge in [0.15, 0.2) is 6.10 Å². The van der Waals surface area contributed by atoms with E-state index in [0.717, 1.165) is 134 Å². The van der Waals surface area contributed by atoms with Gasteiger partial charge in [0.1, 0.15) is 25.1 Å². The van der Waals surface area contributed by atoms with E-state index >= 15 is 0 Å². The van der Waals surface area contributed by atoms with Crippen LogP contribution in [0.3, 0.4) is 0 Å². The maximum Gasteiger partial charge on any atom is 0.306 e. The van der Waals surface area contributed by atoms with E-state index in [9.17, 15) is 24.0 Å². The monoisotopic (exact) mass is 1100 g/mol. The second kappa shape index (κ2) is 41.1. The summed E-state index contributed by atoms with van der Waals surface area (Å²) in [4.78, 5) is 64.2. The number of rotatable bonds is 46. The van der Waals surface area contributed by atoms with Crippen LogP contribution < -0.4 is 0 Å². The van der Waals surface area contributed by atoms with Gasteiger partial charge in [-0.15, -0.1) is 0 Å². The van der Waals surface area contributed by atoms with E-state index in [-0.39, 0.29) is 60.9 Å². The van der Waals surface area contributed by atoms with Crippen molar-refractivity contribution in [3.63, 3.8) is 0 Å². The van der Waals surface area contributed by atoms with Crippen molar-refractivity contribution in [3.05, 3.63) is 24.3 Å². The molecular formula is C70H120O9. The van der Waals surface area contributed by atoms with E-state index in [1.165, 1.54) is 135 Å². The van der Waals surface area contributed by atoms with Gasteiger partial charge in [0, 0.05) is 31.6 Å². The Morgan fingerprint density at radius 1 is 0.443 bits per heavy atom. The maximum atomic E-state index is 13.0. The fourth-order valence-electron chi connectivity index (χ4n) is 15.0. The van der Waals surface area contributed by atoms with Crippen LogP contribution in [-0.4, -0.2) is 55.1 Å². The number of hydrogen-bond donors (Lipinski definition) is 0. The number of ketones is 1. The quantitative estimate of drug-likeness (QED) is 0.0254. The molecular weight excluding hydrogens is 985 g/mol. The minimum atomic E-state index is -0.834. The molecule has 0 amide bonds. The predicted octanol–water partition coefficient (Wildman–Crippen LogP) is 19.3. The zero-order valence-corrected chi connectivity index (χ0v) is 51.8. The normalized spacial score (nSPS) is 24.6. The summed E-state index contributed by atoms with van der Waals surface area (Å²) in [5.74, 6) is 2.37. The molecule has 4 fully saturated rings. The Morgan fingerprint density at radius 2 is 0.848 bits per heavy atom. The van der Waals surface area contributed by atoms with E-state index in [0.29, 0.717) is 48.7 Å². The smallest absolute Gasteiger partial charge is 0.306 e. The minimum absolute atomic E-state index is 0.0343. The Bertz CT molecular complexity index is 1680. The second-order valence-electron chi connectivity index (χ2n) is 26.1. The van der Waals surface area contributed by atoms with Crippen LogP contribution in [0, 0.1) is 40.4 Å². The standard InChI is InChI=1S/C70H120O9/c1-6-8-10-12-14-16-18-20-22-24-26-28-30-34-38-42-65(72)76-55-60(56-77-66(73)43-39-35-31-29-27-25-23-21-19-17-15-13-11-9-7-2)79-68(75)45-41-37-33-32-36-40-44-67(74)78-59-50-52-69(4)58(54-59)46-47-61-63-49-48-62(57(3)71)70(63,5)53-51-64(61)69/h20-23,58-64H,6-19,24-56H2,1-5H3/b22-20-,23-21-/t58-,59-,61-,62+,63-,64-,69-,70+/m0/s1. The molecule has 4 aliphatic rings. The van der Waals surface area contributed by atoms with Gasteiger partial charge >= 0.3 is 23.9 Å². The summed E-state index contributed by atoms with van der Waals surface area (Å²) in [7, 11) is 0. The molecule has 0 N–H and O–H groups in total. The van der Waals surface area contributed by atoms with Crippen molar-refractivity contribution in [2.45, 2.75) is 336 Å². The fraction of sp³-hybridized carbons (Fsp3) is 0.871. The van der Waals surface area contributed by atoms with Crippen LogP contribution in [0.2, 0.25) is 0 Å². The number of Topliss-reactive ketones (excluding diaryl/α,β-unsaturated/α-hetero) is 1. The van der Waals surface area contributed by atoms with E-state index < -0.39 is 6.10 Å². The third-order valence-corrected chi connectivity index (χ3v) is 19.9. The van der Waals surface area contributed by atoms with Crippen LogP contribution in [-0.2, 0) is 42.9 Å². The summed E-state index contributed by atoms with van der Waals surface area (Å²) in [6.07, 6.45) is 56.5. The zero-order valence-electron chi connectivity index (χ0n) is 51.8. The van der Waals surface area contributed by atoms with Crippen LogP contribution in [0.4, 0.5) is 0 Å². The topological polar surface area (TPSA) is 122 Å². The summed E-state index contributed by atoms with van der Waals surface area (Å²) < 4.78 is 23.1. The number of hydrogen-bond acceptors (Lipinski definition) is 9. The first-order chi connectivity index (χ1) is 38.4. The third kappa shape index (κ3) is 26.9. The Balaban J connectivity index is 1.06. The molecule has 8 atom stereocenters. The number of allylic oxidation sites excluding steroid dienone is 4. The van der Waals surface area contributed by atoms with Crippen LogP contribution in [0.1, 0.15) is 324 Å². The predicted molar refractivity (Wildman–Crippen MR) is 323 cm³/mol. The van der Waals surface area contributed by atoms with E-state index in [4.69, 9.17) is 18.9 Å². The Hall–Kier alpha value is -2.97. The lowest BCUT2D eigenvalue weighted by Gasteiger charge is -2.61. The van der Waals surface area contributed by atoms with Crippen molar-refractivity contribution in [1.82, 2.24) is 0 Å². The second-order valence-corrected chi connectivity index (χ2v) is 26.1. The SMILES string of the molecule is CCCCCCCC/C=C\CCCCCCCC(=O)OCC(COC(=O)CCCCCCC/C=C\CCCCCCCC)OC(=O)CCCCCCCCC(=O)O[C@H]1CC[C@@]2(C)[C@@H](CC[C@@H]3[C@@H]2CC[C@]2(C)[C@@H](C(C)=O)CC[C@@H]32)C1. The van der Waals surface area contributed by atoms with Gasteiger partial charge in [0.25, 0.3) is 0 Å². The van der Waals surface area contributed by atoms with Crippen molar-refractivity contribution < 1.29 is 42.9 Å². The molecule has 0 aliphatic heterocycles. The maximum absolute atomic E-state index is 13.0. The first-order valence-corrected chi connectivity index (χ1v) is 33.9. The molecule has 0 saturated heterocycles. The summed E-state index contributed by atoms with van der Waals surface area (Å²) in [5.41, 5.74) is 0.506. The summed E-state index contributed by atoms with van der Waals surface area (Å²) >= 11 is 0. The van der Waals surface area contributed by atoms with Crippen LogP contribution in [0.25, 0.3) is 0 Å². The van der Waals surface area contributed by atoms with E-state index in [2.05, 4.69) is 52.0 Å². The molecule has 0 aromatic heterocycles. The van der Waals surface area contributed by atoms with Crippen LogP contribution in [0.15, 0.2) is 24.3 Å². The Kier molecular flexibility index (Phi) is 35.6. The number of ether oxygens (including phenoxy) is 4. The summed E-state index contributed by atoms with van der Waals surface area (Å²) in [6, 6.07) is 0. The highest BCUT2D eigenvalue weighted by molar-refractivity contribution is 5.79. The van der Waals surface area contributed by atoms with Crippen molar-refractivity contribution in [2.75, 3.05) is 13.2 Å². The number of carbonyl (C=O) groups excluding carboxylic acids is 5. The molecule has 4 aliphatic carbocycles. The van der Waals surface area contributed by atoms with Gasteiger partial charge in [-0.25, -0.2) is 0 Å². The zero-order chi connectivity index (χ0) is 56.8. The van der Waals surface area contributed by atoms with Crippen molar-refractivity contribution in [1.29, 1.82) is 0 Å². The number of esters is 4. The average Bonchev–Trinajstić information content (AvgIpc) is 4.05. The number of unbranched alkanes of at least 4 members (excludes halogenated alkanes) is 27. The number of carbonyl (C=O) groups is 5. The van der Waals surface area contributed by atoms with Gasteiger partial charge < -0.3 is 18.9 Å². The molecule has 9 nitrogen and oxygen atoms in total.